The van der Waals surface area contributed by atoms with Crippen LogP contribution in [0.15, 0.2) is 72.6 Å². The minimum absolute atomic E-state index is 0.0895. The molecule has 156 valence electrons. The molecule has 0 aliphatic carbocycles. The van der Waals surface area contributed by atoms with Gasteiger partial charge in [-0.2, -0.15) is 0 Å². The molecule has 0 spiro atoms. The molecule has 2 heterocycles. The number of likely N-dealkylation sites (tertiary alicyclic amines) is 1. The van der Waals surface area contributed by atoms with Crippen molar-refractivity contribution in [2.45, 2.75) is 26.0 Å². The lowest BCUT2D eigenvalue weighted by atomic mass is 10.1. The highest BCUT2D eigenvalue weighted by Gasteiger charge is 2.17. The van der Waals surface area contributed by atoms with E-state index in [0.29, 0.717) is 30.8 Å². The molecule has 2 aromatic carbocycles. The van der Waals surface area contributed by atoms with E-state index in [0.717, 1.165) is 24.4 Å². The van der Waals surface area contributed by atoms with E-state index in [4.69, 9.17) is 4.74 Å². The Morgan fingerprint density at radius 3 is 2.57 bits per heavy atom. The van der Waals surface area contributed by atoms with E-state index in [9.17, 15) is 9.18 Å². The molecule has 0 bridgehead atoms. The van der Waals surface area contributed by atoms with Crippen LogP contribution in [0.4, 0.5) is 4.39 Å². The van der Waals surface area contributed by atoms with Gasteiger partial charge < -0.3 is 9.64 Å². The van der Waals surface area contributed by atoms with E-state index < -0.39 is 0 Å². The SMILES string of the molecule is O=C(CN1C=CC(OCc2ccccc2)=CC1)c1ccc(CN2CCCC2)c(F)c1. The predicted octanol–water partition coefficient (Wildman–Crippen LogP) is 4.53. The van der Waals surface area contributed by atoms with Gasteiger partial charge in [-0.15, -0.1) is 0 Å². The first-order valence-electron chi connectivity index (χ1n) is 10.5. The summed E-state index contributed by atoms with van der Waals surface area (Å²) in [5, 5.41) is 0. The minimum Gasteiger partial charge on any atom is -0.489 e. The first-order chi connectivity index (χ1) is 14.7. The number of rotatable bonds is 8. The number of carbonyl (C=O) groups is 1. The van der Waals surface area contributed by atoms with Crippen molar-refractivity contribution < 1.29 is 13.9 Å². The second kappa shape index (κ2) is 9.72. The molecule has 0 atom stereocenters. The van der Waals surface area contributed by atoms with Gasteiger partial charge in [-0.1, -0.05) is 42.5 Å². The number of ether oxygens (including phenoxy) is 1. The van der Waals surface area contributed by atoms with Gasteiger partial charge in [0.15, 0.2) is 5.78 Å². The summed E-state index contributed by atoms with van der Waals surface area (Å²) in [6.45, 7) is 3.97. The number of halogens is 1. The van der Waals surface area contributed by atoms with Crippen molar-refractivity contribution in [3.8, 4) is 0 Å². The van der Waals surface area contributed by atoms with E-state index in [2.05, 4.69) is 4.90 Å². The molecule has 2 aromatic rings. The third-order valence-electron chi connectivity index (χ3n) is 5.54. The van der Waals surface area contributed by atoms with Gasteiger partial charge in [0.1, 0.15) is 18.2 Å². The molecule has 1 saturated heterocycles. The number of carbonyl (C=O) groups excluding carboxylic acids is 1. The molecule has 0 aromatic heterocycles. The van der Waals surface area contributed by atoms with Crippen molar-refractivity contribution in [3.63, 3.8) is 0 Å². The van der Waals surface area contributed by atoms with E-state index in [1.54, 1.807) is 12.1 Å². The lowest BCUT2D eigenvalue weighted by Crippen LogP contribution is -2.27. The van der Waals surface area contributed by atoms with Gasteiger partial charge in [-0.05, 0) is 49.7 Å². The summed E-state index contributed by atoms with van der Waals surface area (Å²) < 4.78 is 20.3. The fourth-order valence-corrected chi connectivity index (χ4v) is 3.79. The molecule has 30 heavy (non-hydrogen) atoms. The Labute approximate surface area is 177 Å². The quantitative estimate of drug-likeness (QED) is 0.603. The summed E-state index contributed by atoms with van der Waals surface area (Å²) in [7, 11) is 0. The third kappa shape index (κ3) is 5.36. The van der Waals surface area contributed by atoms with Crippen LogP contribution in [0.25, 0.3) is 0 Å². The average Bonchev–Trinajstić information content (AvgIpc) is 3.28. The highest BCUT2D eigenvalue weighted by Crippen LogP contribution is 2.18. The molecular weight excluding hydrogens is 379 g/mol. The molecule has 5 heteroatoms. The lowest BCUT2D eigenvalue weighted by Gasteiger charge is -2.22. The Balaban J connectivity index is 1.27. The number of ketones is 1. The first-order valence-corrected chi connectivity index (χ1v) is 10.5. The number of benzene rings is 2. The smallest absolute Gasteiger partial charge is 0.182 e. The van der Waals surface area contributed by atoms with Crippen molar-refractivity contribution in [2.24, 2.45) is 0 Å². The van der Waals surface area contributed by atoms with Gasteiger partial charge in [0.05, 0.1) is 6.54 Å². The highest BCUT2D eigenvalue weighted by atomic mass is 19.1. The third-order valence-corrected chi connectivity index (χ3v) is 5.54. The Morgan fingerprint density at radius 1 is 1.07 bits per heavy atom. The maximum atomic E-state index is 14.5. The van der Waals surface area contributed by atoms with Gasteiger partial charge in [-0.3, -0.25) is 9.69 Å². The molecule has 0 radical (unpaired) electrons. The molecular formula is C25H27FN2O2. The number of nitrogens with zero attached hydrogens (tertiary/aromatic N) is 2. The molecule has 1 fully saturated rings. The zero-order valence-corrected chi connectivity index (χ0v) is 17.1. The summed E-state index contributed by atoms with van der Waals surface area (Å²) in [5.74, 6) is 0.409. The van der Waals surface area contributed by atoms with Crippen LogP contribution in [0, 0.1) is 5.82 Å². The Bertz CT molecular complexity index is 933. The van der Waals surface area contributed by atoms with Crippen LogP contribution >= 0.6 is 0 Å². The Kier molecular flexibility index (Phi) is 6.60. The molecule has 0 saturated carbocycles. The van der Waals surface area contributed by atoms with Crippen molar-refractivity contribution in [3.05, 3.63) is 95.1 Å². The maximum absolute atomic E-state index is 14.5. The van der Waals surface area contributed by atoms with Crippen molar-refractivity contribution in [1.29, 1.82) is 0 Å². The monoisotopic (exact) mass is 406 g/mol. The van der Waals surface area contributed by atoms with Gasteiger partial charge >= 0.3 is 0 Å². The van der Waals surface area contributed by atoms with E-state index in [1.807, 2.05) is 53.6 Å². The summed E-state index contributed by atoms with van der Waals surface area (Å²) in [5.41, 5.74) is 2.19. The number of hydrogen-bond acceptors (Lipinski definition) is 4. The second-order valence-corrected chi connectivity index (χ2v) is 7.84. The molecule has 0 amide bonds. The van der Waals surface area contributed by atoms with Crippen molar-refractivity contribution in [1.82, 2.24) is 9.80 Å². The standard InChI is InChI=1S/C25H27FN2O2/c26-24-16-21(8-9-22(24)17-27-12-4-5-13-27)25(29)18-28-14-10-23(11-15-28)30-19-20-6-2-1-3-7-20/h1-3,6-11,14,16H,4-5,12-13,15,17-19H2. The van der Waals surface area contributed by atoms with Gasteiger partial charge in [-0.25, -0.2) is 4.39 Å². The summed E-state index contributed by atoms with van der Waals surface area (Å²) >= 11 is 0. The van der Waals surface area contributed by atoms with E-state index >= 15 is 0 Å². The van der Waals surface area contributed by atoms with Crippen molar-refractivity contribution >= 4 is 5.78 Å². The van der Waals surface area contributed by atoms with Crippen LogP contribution in [-0.4, -0.2) is 41.8 Å². The maximum Gasteiger partial charge on any atom is 0.182 e. The van der Waals surface area contributed by atoms with Crippen LogP contribution in [0.2, 0.25) is 0 Å². The average molecular weight is 407 g/mol. The van der Waals surface area contributed by atoms with Crippen LogP contribution in [0.1, 0.15) is 34.3 Å². The topological polar surface area (TPSA) is 32.8 Å². The highest BCUT2D eigenvalue weighted by molar-refractivity contribution is 5.97. The van der Waals surface area contributed by atoms with E-state index in [1.165, 1.54) is 18.9 Å². The molecule has 0 N–H and O–H groups in total. The van der Waals surface area contributed by atoms with Gasteiger partial charge in [0.2, 0.25) is 0 Å². The fraction of sp³-hybridized carbons (Fsp3) is 0.320. The molecule has 4 rings (SSSR count). The number of Topliss-reactive ketones (excluding diaryl/α,β-unsaturated/α-hetero) is 1. The van der Waals surface area contributed by atoms with Crippen LogP contribution in [0.3, 0.4) is 0 Å². The number of allylic oxidation sites excluding steroid dienone is 1. The Morgan fingerprint density at radius 2 is 1.87 bits per heavy atom. The second-order valence-electron chi connectivity index (χ2n) is 7.84. The minimum atomic E-state index is -0.293. The zero-order chi connectivity index (χ0) is 20.8. The first kappa shape index (κ1) is 20.4. The lowest BCUT2D eigenvalue weighted by molar-refractivity contribution is 0.0957. The van der Waals surface area contributed by atoms with Crippen molar-refractivity contribution in [2.75, 3.05) is 26.2 Å². The zero-order valence-electron chi connectivity index (χ0n) is 17.1. The number of hydrogen-bond donors (Lipinski definition) is 0. The summed E-state index contributed by atoms with van der Waals surface area (Å²) in [6, 6.07) is 14.9. The largest absolute Gasteiger partial charge is 0.489 e. The molecule has 2 aliphatic heterocycles. The van der Waals surface area contributed by atoms with Crippen LogP contribution in [-0.2, 0) is 17.9 Å². The summed E-state index contributed by atoms with van der Waals surface area (Å²) in [4.78, 5) is 16.8. The molecule has 4 nitrogen and oxygen atoms in total. The summed E-state index contributed by atoms with van der Waals surface area (Å²) in [6.07, 6.45) is 8.02. The Hall–Kier alpha value is -2.92. The van der Waals surface area contributed by atoms with Gasteiger partial charge in [0.25, 0.3) is 0 Å². The normalized spacial score (nSPS) is 16.6. The van der Waals surface area contributed by atoms with Crippen LogP contribution in [0.5, 0.6) is 0 Å². The fourth-order valence-electron chi connectivity index (χ4n) is 3.79. The predicted molar refractivity (Wildman–Crippen MR) is 115 cm³/mol. The van der Waals surface area contributed by atoms with Crippen LogP contribution < -0.4 is 0 Å². The van der Waals surface area contributed by atoms with Gasteiger partial charge in [0, 0.05) is 30.4 Å². The molecule has 0 unspecified atom stereocenters. The van der Waals surface area contributed by atoms with E-state index in [-0.39, 0.29) is 18.1 Å². The molecule has 2 aliphatic rings.